The number of methoxy groups -OCH3 is 2. The predicted molar refractivity (Wildman–Crippen MR) is 117 cm³/mol. The zero-order valence-corrected chi connectivity index (χ0v) is 17.5. The van der Waals surface area contributed by atoms with Crippen LogP contribution < -0.4 is 14.8 Å². The molecule has 4 aromatic rings. The van der Waals surface area contributed by atoms with Crippen LogP contribution in [-0.4, -0.2) is 25.1 Å². The van der Waals surface area contributed by atoms with Gasteiger partial charge in [-0.1, -0.05) is 23.2 Å². The molecule has 4 rings (SSSR count). The number of carbonyl (C=O) groups excluding carboxylic acids is 1. The van der Waals surface area contributed by atoms with Crippen LogP contribution in [0.25, 0.3) is 22.6 Å². The Kier molecular flexibility index (Phi) is 5.53. The molecule has 0 bridgehead atoms. The minimum Gasteiger partial charge on any atom is -0.495 e. The first-order valence-electron chi connectivity index (χ1n) is 8.88. The number of nitrogens with one attached hydrogen (secondary N) is 1. The van der Waals surface area contributed by atoms with Crippen molar-refractivity contribution in [2.45, 2.75) is 0 Å². The second-order valence-corrected chi connectivity index (χ2v) is 7.17. The summed E-state index contributed by atoms with van der Waals surface area (Å²) in [5, 5.41) is 3.65. The van der Waals surface area contributed by atoms with Gasteiger partial charge in [0.1, 0.15) is 17.0 Å². The lowest BCUT2D eigenvalue weighted by atomic mass is 10.2. The van der Waals surface area contributed by atoms with Crippen LogP contribution >= 0.6 is 23.2 Å². The molecule has 3 aromatic carbocycles. The Bertz CT molecular complexity index is 1250. The second-order valence-electron chi connectivity index (χ2n) is 6.35. The number of hydrogen-bond acceptors (Lipinski definition) is 5. The molecule has 1 amide bonds. The zero-order valence-electron chi connectivity index (χ0n) is 16.0. The van der Waals surface area contributed by atoms with Crippen molar-refractivity contribution in [2.24, 2.45) is 0 Å². The summed E-state index contributed by atoms with van der Waals surface area (Å²) in [6, 6.07) is 15.3. The van der Waals surface area contributed by atoms with Gasteiger partial charge < -0.3 is 19.2 Å². The molecule has 0 radical (unpaired) electrons. The largest absolute Gasteiger partial charge is 0.495 e. The van der Waals surface area contributed by atoms with Gasteiger partial charge in [0.2, 0.25) is 5.89 Å². The third-order valence-electron chi connectivity index (χ3n) is 4.46. The van der Waals surface area contributed by atoms with Gasteiger partial charge in [-0.2, -0.15) is 0 Å². The van der Waals surface area contributed by atoms with Gasteiger partial charge in [-0.05, 0) is 54.6 Å². The maximum absolute atomic E-state index is 12.5. The summed E-state index contributed by atoms with van der Waals surface area (Å²) in [5.41, 5.74) is 2.89. The number of fused-ring (bicyclic) bond motifs is 1. The van der Waals surface area contributed by atoms with E-state index in [9.17, 15) is 4.79 Å². The van der Waals surface area contributed by atoms with Gasteiger partial charge in [-0.3, -0.25) is 4.79 Å². The number of amides is 1. The van der Waals surface area contributed by atoms with Gasteiger partial charge in [0.15, 0.2) is 5.58 Å². The van der Waals surface area contributed by atoms with E-state index < -0.39 is 0 Å². The Labute approximate surface area is 182 Å². The van der Waals surface area contributed by atoms with Crippen LogP contribution in [0.1, 0.15) is 10.4 Å². The second kappa shape index (κ2) is 8.26. The van der Waals surface area contributed by atoms with Crippen LogP contribution in [0.15, 0.2) is 59.0 Å². The van der Waals surface area contributed by atoms with Gasteiger partial charge in [0.05, 0.1) is 24.3 Å². The zero-order chi connectivity index (χ0) is 21.3. The summed E-state index contributed by atoms with van der Waals surface area (Å²) in [4.78, 5) is 17.0. The lowest BCUT2D eigenvalue weighted by Crippen LogP contribution is -2.11. The Morgan fingerprint density at radius 2 is 1.63 bits per heavy atom. The summed E-state index contributed by atoms with van der Waals surface area (Å²) in [6.07, 6.45) is 0. The molecule has 0 unspecified atom stereocenters. The van der Waals surface area contributed by atoms with E-state index in [-0.39, 0.29) is 5.91 Å². The van der Waals surface area contributed by atoms with Gasteiger partial charge in [-0.25, -0.2) is 4.98 Å². The molecular weight excluding hydrogens is 427 g/mol. The molecule has 0 fully saturated rings. The normalized spacial score (nSPS) is 10.8. The lowest BCUT2D eigenvalue weighted by Gasteiger charge is -2.07. The SMILES string of the molecule is COc1ccc(C(=O)Nc2ccc3oc(-c4ccc(OC)c(Cl)c4)nc3c2)cc1Cl. The standard InChI is InChI=1S/C22H16Cl2N2O4/c1-28-18-6-3-12(9-15(18)23)21(27)25-14-5-8-20-17(11-14)26-22(30-20)13-4-7-19(29-2)16(24)10-13/h3-11H,1-2H3,(H,25,27). The van der Waals surface area contributed by atoms with Crippen molar-refractivity contribution in [3.8, 4) is 23.0 Å². The van der Waals surface area contributed by atoms with Crippen LogP contribution in [0.5, 0.6) is 11.5 Å². The summed E-state index contributed by atoms with van der Waals surface area (Å²) in [7, 11) is 3.07. The number of ether oxygens (including phenoxy) is 2. The quantitative estimate of drug-likeness (QED) is 0.405. The van der Waals surface area contributed by atoms with E-state index in [0.29, 0.717) is 49.8 Å². The molecular formula is C22H16Cl2N2O4. The molecule has 0 saturated carbocycles. The summed E-state index contributed by atoms with van der Waals surface area (Å²) in [6.45, 7) is 0. The van der Waals surface area contributed by atoms with Gasteiger partial charge in [-0.15, -0.1) is 0 Å². The molecule has 30 heavy (non-hydrogen) atoms. The smallest absolute Gasteiger partial charge is 0.255 e. The number of carbonyl (C=O) groups is 1. The average molecular weight is 443 g/mol. The first kappa shape index (κ1) is 20.1. The molecule has 8 heteroatoms. The molecule has 1 heterocycles. The molecule has 0 aliphatic carbocycles. The third-order valence-corrected chi connectivity index (χ3v) is 5.05. The highest BCUT2D eigenvalue weighted by Gasteiger charge is 2.13. The van der Waals surface area contributed by atoms with Crippen molar-refractivity contribution in [3.05, 3.63) is 70.2 Å². The third kappa shape index (κ3) is 3.92. The fourth-order valence-electron chi connectivity index (χ4n) is 2.94. The van der Waals surface area contributed by atoms with Crippen LogP contribution in [0.2, 0.25) is 10.0 Å². The van der Waals surface area contributed by atoms with Crippen molar-refractivity contribution < 1.29 is 18.7 Å². The number of oxazole rings is 1. The Morgan fingerprint density at radius 3 is 2.30 bits per heavy atom. The van der Waals surface area contributed by atoms with Crippen LogP contribution in [0.4, 0.5) is 5.69 Å². The highest BCUT2D eigenvalue weighted by Crippen LogP contribution is 2.32. The van der Waals surface area contributed by atoms with E-state index in [1.165, 1.54) is 7.11 Å². The van der Waals surface area contributed by atoms with Crippen LogP contribution in [-0.2, 0) is 0 Å². The Balaban J connectivity index is 1.58. The van der Waals surface area contributed by atoms with E-state index in [1.54, 1.807) is 55.6 Å². The van der Waals surface area contributed by atoms with Gasteiger partial charge >= 0.3 is 0 Å². The molecule has 6 nitrogen and oxygen atoms in total. The van der Waals surface area contributed by atoms with Crippen molar-refractivity contribution in [1.82, 2.24) is 4.98 Å². The predicted octanol–water partition coefficient (Wildman–Crippen LogP) is 6.07. The maximum atomic E-state index is 12.5. The van der Waals surface area contributed by atoms with Crippen LogP contribution in [0, 0.1) is 0 Å². The summed E-state index contributed by atoms with van der Waals surface area (Å²) in [5.74, 6) is 1.19. The maximum Gasteiger partial charge on any atom is 0.255 e. The molecule has 0 spiro atoms. The highest BCUT2D eigenvalue weighted by atomic mass is 35.5. The van der Waals surface area contributed by atoms with Gasteiger partial charge in [0.25, 0.3) is 5.91 Å². The molecule has 0 saturated heterocycles. The Hall–Kier alpha value is -3.22. The average Bonchev–Trinajstić information content (AvgIpc) is 3.17. The first-order valence-corrected chi connectivity index (χ1v) is 9.63. The molecule has 0 atom stereocenters. The molecule has 0 aliphatic rings. The first-order chi connectivity index (χ1) is 14.5. The van der Waals surface area contributed by atoms with Gasteiger partial charge in [0, 0.05) is 16.8 Å². The van der Waals surface area contributed by atoms with E-state index in [2.05, 4.69) is 10.3 Å². The van der Waals surface area contributed by atoms with E-state index in [1.807, 2.05) is 6.07 Å². The molecule has 1 aromatic heterocycles. The number of aromatic nitrogens is 1. The van der Waals surface area contributed by atoms with Crippen molar-refractivity contribution >= 4 is 45.9 Å². The lowest BCUT2D eigenvalue weighted by molar-refractivity contribution is 0.102. The number of rotatable bonds is 5. The molecule has 0 aliphatic heterocycles. The van der Waals surface area contributed by atoms with Crippen molar-refractivity contribution in [1.29, 1.82) is 0 Å². The summed E-state index contributed by atoms with van der Waals surface area (Å²) < 4.78 is 16.1. The minimum atomic E-state index is -0.301. The molecule has 1 N–H and O–H groups in total. The van der Waals surface area contributed by atoms with Crippen molar-refractivity contribution in [2.75, 3.05) is 19.5 Å². The molecule has 152 valence electrons. The van der Waals surface area contributed by atoms with E-state index in [4.69, 9.17) is 37.1 Å². The number of anilines is 1. The number of benzene rings is 3. The van der Waals surface area contributed by atoms with E-state index in [0.717, 1.165) is 5.56 Å². The van der Waals surface area contributed by atoms with Crippen molar-refractivity contribution in [3.63, 3.8) is 0 Å². The van der Waals surface area contributed by atoms with E-state index >= 15 is 0 Å². The highest BCUT2D eigenvalue weighted by molar-refractivity contribution is 6.32. The minimum absolute atomic E-state index is 0.301. The fourth-order valence-corrected chi connectivity index (χ4v) is 3.45. The fraction of sp³-hybridized carbons (Fsp3) is 0.0909. The monoisotopic (exact) mass is 442 g/mol. The number of hydrogen-bond donors (Lipinski definition) is 1. The van der Waals surface area contributed by atoms with Crippen LogP contribution in [0.3, 0.4) is 0 Å². The topological polar surface area (TPSA) is 73.6 Å². The Morgan fingerprint density at radius 1 is 0.933 bits per heavy atom. The number of halogens is 2. The number of nitrogens with zero attached hydrogens (tertiary/aromatic N) is 1. The summed E-state index contributed by atoms with van der Waals surface area (Å²) >= 11 is 12.3.